The topological polar surface area (TPSA) is 128 Å². The van der Waals surface area contributed by atoms with E-state index in [1.54, 1.807) is 12.1 Å². The normalized spacial score (nSPS) is 10.5. The fourth-order valence-corrected chi connectivity index (χ4v) is 2.67. The Kier molecular flexibility index (Phi) is 4.53. The molecule has 1 heterocycles. The van der Waals surface area contributed by atoms with Gasteiger partial charge in [-0.15, -0.1) is 0 Å². The van der Waals surface area contributed by atoms with E-state index in [0.29, 0.717) is 30.6 Å². The maximum Gasteiger partial charge on any atom is 0.255 e. The average molecular weight is 335 g/mol. The summed E-state index contributed by atoms with van der Waals surface area (Å²) < 4.78 is 0. The molecule has 2 aromatic carbocycles. The van der Waals surface area contributed by atoms with Gasteiger partial charge in [-0.1, -0.05) is 24.3 Å². The summed E-state index contributed by atoms with van der Waals surface area (Å²) in [5, 5.41) is 30.1. The maximum atomic E-state index is 12.3. The number of aromatic hydroxyl groups is 1. The summed E-state index contributed by atoms with van der Waals surface area (Å²) in [6.45, 7) is 0.398. The summed E-state index contributed by atoms with van der Waals surface area (Å²) >= 11 is 0. The summed E-state index contributed by atoms with van der Waals surface area (Å²) in [6.07, 6.45) is 1.15. The predicted molar refractivity (Wildman–Crippen MR) is 94.0 cm³/mol. The molecule has 7 heteroatoms. The van der Waals surface area contributed by atoms with Gasteiger partial charge in [0.1, 0.15) is 17.4 Å². The maximum absolute atomic E-state index is 12.3. The van der Waals surface area contributed by atoms with E-state index < -0.39 is 0 Å². The van der Waals surface area contributed by atoms with E-state index in [2.05, 4.69) is 15.5 Å². The first kappa shape index (κ1) is 16.3. The highest BCUT2D eigenvalue weighted by atomic mass is 16.3. The zero-order valence-corrected chi connectivity index (χ0v) is 13.4. The van der Waals surface area contributed by atoms with E-state index in [9.17, 15) is 9.90 Å². The largest absolute Gasteiger partial charge is 0.507 e. The van der Waals surface area contributed by atoms with Crippen molar-refractivity contribution in [3.05, 3.63) is 53.2 Å². The zero-order chi connectivity index (χ0) is 17.8. The van der Waals surface area contributed by atoms with Crippen molar-refractivity contribution < 1.29 is 9.90 Å². The van der Waals surface area contributed by atoms with Gasteiger partial charge in [0.05, 0.1) is 11.3 Å². The molecule has 0 aliphatic heterocycles. The number of amides is 1. The number of hydrogen-bond donors (Lipinski definition) is 4. The number of phenolic OH excluding ortho intramolecular Hbond substituents is 1. The summed E-state index contributed by atoms with van der Waals surface area (Å²) in [7, 11) is 0. The lowest BCUT2D eigenvalue weighted by molar-refractivity contribution is 0.0950. The number of nitrogens with two attached hydrogens (primary N) is 1. The predicted octanol–water partition coefficient (Wildman–Crippen LogP) is 2.08. The Hall–Kier alpha value is -3.53. The number of phenols is 1. The van der Waals surface area contributed by atoms with Crippen molar-refractivity contribution in [1.29, 1.82) is 5.26 Å². The third-order valence-electron chi connectivity index (χ3n) is 3.98. The Morgan fingerprint density at radius 2 is 2.04 bits per heavy atom. The third kappa shape index (κ3) is 3.38. The van der Waals surface area contributed by atoms with Gasteiger partial charge in [0.15, 0.2) is 5.82 Å². The molecule has 0 unspecified atom stereocenters. The molecule has 0 bridgehead atoms. The highest BCUT2D eigenvalue weighted by molar-refractivity contribution is 6.01. The molecule has 1 aromatic heterocycles. The third-order valence-corrected chi connectivity index (χ3v) is 3.98. The van der Waals surface area contributed by atoms with Gasteiger partial charge in [-0.3, -0.25) is 9.89 Å². The van der Waals surface area contributed by atoms with Crippen LogP contribution in [0, 0.1) is 11.3 Å². The molecule has 0 saturated carbocycles. The number of nitrogen functional groups attached to an aromatic ring is 1. The fourth-order valence-electron chi connectivity index (χ4n) is 2.67. The number of nitrogens with zero attached hydrogens (tertiary/aromatic N) is 2. The number of nitrogens with one attached hydrogen (secondary N) is 2. The van der Waals surface area contributed by atoms with Gasteiger partial charge in [0.25, 0.3) is 5.91 Å². The zero-order valence-electron chi connectivity index (χ0n) is 13.4. The molecule has 7 nitrogen and oxygen atoms in total. The van der Waals surface area contributed by atoms with Gasteiger partial charge < -0.3 is 16.2 Å². The van der Waals surface area contributed by atoms with Crippen LogP contribution >= 0.6 is 0 Å². The average Bonchev–Trinajstić information content (AvgIpc) is 2.97. The second-order valence-electron chi connectivity index (χ2n) is 5.65. The fraction of sp³-hybridized carbons (Fsp3) is 0.167. The van der Waals surface area contributed by atoms with Gasteiger partial charge >= 0.3 is 0 Å². The van der Waals surface area contributed by atoms with Gasteiger partial charge in [-0.05, 0) is 35.7 Å². The van der Waals surface area contributed by atoms with Crippen LogP contribution < -0.4 is 11.1 Å². The Balaban J connectivity index is 1.61. The first-order valence-corrected chi connectivity index (χ1v) is 7.83. The monoisotopic (exact) mass is 335 g/mol. The van der Waals surface area contributed by atoms with Crippen LogP contribution in [0.3, 0.4) is 0 Å². The Morgan fingerprint density at radius 3 is 2.76 bits per heavy atom. The molecule has 5 N–H and O–H groups in total. The number of nitriles is 1. The van der Waals surface area contributed by atoms with Crippen LogP contribution in [0.1, 0.15) is 28.0 Å². The number of benzene rings is 2. The molecule has 126 valence electrons. The molecular formula is C18H17N5O2. The van der Waals surface area contributed by atoms with Crippen molar-refractivity contribution >= 4 is 22.5 Å². The molecule has 3 aromatic rings. The highest BCUT2D eigenvalue weighted by Crippen LogP contribution is 2.24. The molecule has 0 saturated heterocycles. The Labute approximate surface area is 144 Å². The molecule has 0 aliphatic rings. The van der Waals surface area contributed by atoms with E-state index >= 15 is 0 Å². The van der Waals surface area contributed by atoms with Crippen LogP contribution in [-0.2, 0) is 6.42 Å². The van der Waals surface area contributed by atoms with Crippen LogP contribution in [0.5, 0.6) is 5.75 Å². The molecule has 3 rings (SSSR count). The Morgan fingerprint density at radius 1 is 1.32 bits per heavy atom. The summed E-state index contributed by atoms with van der Waals surface area (Å²) in [4.78, 5) is 12.3. The summed E-state index contributed by atoms with van der Waals surface area (Å²) in [5.41, 5.74) is 6.82. The molecule has 0 atom stereocenters. The molecule has 0 aliphatic carbocycles. The second kappa shape index (κ2) is 6.93. The smallest absolute Gasteiger partial charge is 0.255 e. The van der Waals surface area contributed by atoms with Crippen molar-refractivity contribution in [2.75, 3.05) is 12.3 Å². The number of H-pyrrole nitrogens is 1. The minimum Gasteiger partial charge on any atom is -0.507 e. The first-order chi connectivity index (χ1) is 12.1. The van der Waals surface area contributed by atoms with Gasteiger partial charge in [-0.25, -0.2) is 0 Å². The lowest BCUT2D eigenvalue weighted by Gasteiger charge is -2.08. The van der Waals surface area contributed by atoms with Gasteiger partial charge in [0.2, 0.25) is 0 Å². The molecule has 0 radical (unpaired) electrons. The van der Waals surface area contributed by atoms with Crippen molar-refractivity contribution in [1.82, 2.24) is 15.5 Å². The van der Waals surface area contributed by atoms with E-state index in [4.69, 9.17) is 11.0 Å². The van der Waals surface area contributed by atoms with Crippen molar-refractivity contribution in [2.45, 2.75) is 12.8 Å². The van der Waals surface area contributed by atoms with E-state index in [1.165, 1.54) is 0 Å². The van der Waals surface area contributed by atoms with E-state index in [0.717, 1.165) is 10.8 Å². The van der Waals surface area contributed by atoms with Crippen molar-refractivity contribution in [3.63, 3.8) is 0 Å². The molecule has 25 heavy (non-hydrogen) atoms. The lowest BCUT2D eigenvalue weighted by Crippen LogP contribution is -2.25. The van der Waals surface area contributed by atoms with E-state index in [1.807, 2.05) is 30.3 Å². The number of anilines is 1. The minimum atomic E-state index is -0.340. The van der Waals surface area contributed by atoms with Gasteiger partial charge in [0, 0.05) is 6.54 Å². The molecule has 0 fully saturated rings. The second-order valence-corrected chi connectivity index (χ2v) is 5.65. The summed E-state index contributed by atoms with van der Waals surface area (Å²) in [6, 6.07) is 12.8. The number of aromatic amines is 1. The van der Waals surface area contributed by atoms with Crippen molar-refractivity contribution in [2.24, 2.45) is 0 Å². The number of aromatic nitrogens is 2. The number of aryl methyl sites for hydroxylation is 1. The molecule has 0 spiro atoms. The van der Waals surface area contributed by atoms with Crippen LogP contribution in [0.4, 0.5) is 5.82 Å². The highest BCUT2D eigenvalue weighted by Gasteiger charge is 2.13. The number of fused-ring (bicyclic) bond motifs is 1. The van der Waals surface area contributed by atoms with Crippen LogP contribution in [0.25, 0.3) is 10.8 Å². The molecular weight excluding hydrogens is 318 g/mol. The van der Waals surface area contributed by atoms with Gasteiger partial charge in [-0.2, -0.15) is 10.4 Å². The van der Waals surface area contributed by atoms with Crippen molar-refractivity contribution in [3.8, 4) is 11.8 Å². The number of rotatable bonds is 5. The van der Waals surface area contributed by atoms with Crippen LogP contribution in [0.2, 0.25) is 0 Å². The SMILES string of the molecule is N#Cc1c(N)n[nH]c1CCCNC(=O)c1cc2ccccc2cc1O. The number of carbonyl (C=O) groups is 1. The van der Waals surface area contributed by atoms with Crippen LogP contribution in [0.15, 0.2) is 36.4 Å². The van der Waals surface area contributed by atoms with Crippen LogP contribution in [-0.4, -0.2) is 27.8 Å². The van der Waals surface area contributed by atoms with E-state index in [-0.39, 0.29) is 23.0 Å². The quantitative estimate of drug-likeness (QED) is 0.531. The Bertz CT molecular complexity index is 971. The lowest BCUT2D eigenvalue weighted by atomic mass is 10.1. The standard InChI is InChI=1S/C18H17N5O2/c19-10-14-15(22-23-17(14)20)6-3-7-21-18(25)13-8-11-4-1-2-5-12(11)9-16(13)24/h1-2,4-5,8-9,24H,3,6-7H2,(H,21,25)(H3,20,22,23). The first-order valence-electron chi connectivity index (χ1n) is 7.83. The number of carbonyl (C=O) groups excluding carboxylic acids is 1. The number of hydrogen-bond acceptors (Lipinski definition) is 5. The minimum absolute atomic E-state index is 0.0516. The molecule has 1 amide bonds. The summed E-state index contributed by atoms with van der Waals surface area (Å²) in [5.74, 6) is -0.209.